The molecule has 1 aromatic rings. The molecule has 0 aromatic heterocycles. The number of hydrogen-bond acceptors (Lipinski definition) is 3. The number of halogens is 1. The zero-order chi connectivity index (χ0) is 16.0. The van der Waals surface area contributed by atoms with Crippen molar-refractivity contribution < 1.29 is 9.90 Å². The van der Waals surface area contributed by atoms with Crippen LogP contribution in [0.3, 0.4) is 0 Å². The average molecular weight is 311 g/mol. The van der Waals surface area contributed by atoms with Crippen LogP contribution < -0.4 is 5.32 Å². The third-order valence-electron chi connectivity index (χ3n) is 2.90. The van der Waals surface area contributed by atoms with Gasteiger partial charge in [0.15, 0.2) is 0 Å². The number of aliphatic hydroxyl groups is 1. The fourth-order valence-electron chi connectivity index (χ4n) is 2.02. The van der Waals surface area contributed by atoms with Crippen LogP contribution in [-0.2, 0) is 4.79 Å². The Morgan fingerprint density at radius 2 is 1.95 bits per heavy atom. The van der Waals surface area contributed by atoms with E-state index in [1.807, 2.05) is 31.1 Å². The highest BCUT2D eigenvalue weighted by Gasteiger charge is 2.22. The van der Waals surface area contributed by atoms with E-state index < -0.39 is 5.60 Å². The minimum absolute atomic E-state index is 0.191. The summed E-state index contributed by atoms with van der Waals surface area (Å²) in [6.07, 6.45) is 1.78. The second-order valence-electron chi connectivity index (χ2n) is 5.80. The van der Waals surface area contributed by atoms with Crippen molar-refractivity contribution in [2.24, 2.45) is 0 Å². The summed E-state index contributed by atoms with van der Waals surface area (Å²) in [5.41, 5.74) is 0.532. The molecule has 0 aliphatic heterocycles. The molecule has 1 aromatic carbocycles. The van der Waals surface area contributed by atoms with Gasteiger partial charge in [0.2, 0.25) is 5.91 Å². The molecule has 0 spiro atoms. The maximum atomic E-state index is 12.0. The number of amides is 1. The quantitative estimate of drug-likeness (QED) is 0.792. The van der Waals surface area contributed by atoms with Crippen LogP contribution in [0.4, 0.5) is 0 Å². The van der Waals surface area contributed by atoms with Crippen LogP contribution in [-0.4, -0.2) is 48.7 Å². The van der Waals surface area contributed by atoms with E-state index in [9.17, 15) is 9.90 Å². The zero-order valence-corrected chi connectivity index (χ0v) is 13.7. The van der Waals surface area contributed by atoms with Gasteiger partial charge in [-0.1, -0.05) is 23.7 Å². The standard InChI is InChI=1S/C16H23ClN2O2/c1-12(9-13-5-7-14(17)8-6-13)15(20)18-10-16(2,21)11-19(3)4/h5-9,21H,10-11H2,1-4H3,(H,18,20)/b12-9+. The van der Waals surface area contributed by atoms with Crippen LogP contribution in [0.25, 0.3) is 6.08 Å². The molecule has 116 valence electrons. The second kappa shape index (κ2) is 7.59. The number of likely N-dealkylation sites (N-methyl/N-ethyl adjacent to an activating group) is 1. The zero-order valence-electron chi connectivity index (χ0n) is 13.0. The van der Waals surface area contributed by atoms with Gasteiger partial charge in [0.05, 0.1) is 5.60 Å². The van der Waals surface area contributed by atoms with E-state index in [2.05, 4.69) is 5.32 Å². The van der Waals surface area contributed by atoms with Crippen molar-refractivity contribution >= 4 is 23.6 Å². The summed E-state index contributed by atoms with van der Waals surface area (Å²) in [5, 5.41) is 13.6. The summed E-state index contributed by atoms with van der Waals surface area (Å²) in [5.74, 6) is -0.191. The number of nitrogens with one attached hydrogen (secondary N) is 1. The third-order valence-corrected chi connectivity index (χ3v) is 3.15. The molecule has 1 unspecified atom stereocenters. The first-order valence-corrected chi connectivity index (χ1v) is 7.16. The van der Waals surface area contributed by atoms with Crippen molar-refractivity contribution in [2.45, 2.75) is 19.4 Å². The van der Waals surface area contributed by atoms with E-state index in [4.69, 9.17) is 11.6 Å². The molecule has 1 amide bonds. The van der Waals surface area contributed by atoms with Crippen LogP contribution in [0.15, 0.2) is 29.8 Å². The van der Waals surface area contributed by atoms with E-state index >= 15 is 0 Å². The Hall–Kier alpha value is -1.36. The Balaban J connectivity index is 2.60. The van der Waals surface area contributed by atoms with Gasteiger partial charge in [-0.3, -0.25) is 4.79 Å². The number of hydrogen-bond donors (Lipinski definition) is 2. The van der Waals surface area contributed by atoms with Gasteiger partial charge in [-0.2, -0.15) is 0 Å². The topological polar surface area (TPSA) is 52.6 Å². The average Bonchev–Trinajstić information content (AvgIpc) is 2.37. The number of carbonyl (C=O) groups is 1. The van der Waals surface area contributed by atoms with Crippen LogP contribution in [0.2, 0.25) is 5.02 Å². The van der Waals surface area contributed by atoms with Crippen LogP contribution in [0.5, 0.6) is 0 Å². The Bertz CT molecular complexity index is 508. The summed E-state index contributed by atoms with van der Waals surface area (Å²) in [6, 6.07) is 7.25. The molecule has 0 aliphatic carbocycles. The molecule has 0 saturated heterocycles. The highest BCUT2D eigenvalue weighted by molar-refractivity contribution is 6.30. The SMILES string of the molecule is C/C(=C\c1ccc(Cl)cc1)C(=O)NCC(C)(O)CN(C)C. The molecule has 21 heavy (non-hydrogen) atoms. The van der Waals surface area contributed by atoms with Crippen molar-refractivity contribution in [1.29, 1.82) is 0 Å². The monoisotopic (exact) mass is 310 g/mol. The van der Waals surface area contributed by atoms with E-state index in [-0.39, 0.29) is 12.5 Å². The fourth-order valence-corrected chi connectivity index (χ4v) is 2.15. The number of nitrogens with zero attached hydrogens (tertiary/aromatic N) is 1. The second-order valence-corrected chi connectivity index (χ2v) is 6.23. The maximum absolute atomic E-state index is 12.0. The fraction of sp³-hybridized carbons (Fsp3) is 0.438. The van der Waals surface area contributed by atoms with Crippen LogP contribution in [0.1, 0.15) is 19.4 Å². The van der Waals surface area contributed by atoms with Crippen molar-refractivity contribution in [3.63, 3.8) is 0 Å². The molecular weight excluding hydrogens is 288 g/mol. The lowest BCUT2D eigenvalue weighted by molar-refractivity contribution is -0.118. The minimum Gasteiger partial charge on any atom is -0.387 e. The first-order valence-electron chi connectivity index (χ1n) is 6.79. The Morgan fingerprint density at radius 3 is 2.48 bits per heavy atom. The lowest BCUT2D eigenvalue weighted by Gasteiger charge is -2.27. The van der Waals surface area contributed by atoms with Crippen molar-refractivity contribution in [3.05, 3.63) is 40.4 Å². The minimum atomic E-state index is -0.959. The van der Waals surface area contributed by atoms with Crippen LogP contribution in [0, 0.1) is 0 Å². The van der Waals surface area contributed by atoms with E-state index in [1.165, 1.54) is 0 Å². The predicted octanol–water partition coefficient (Wildman–Crippen LogP) is 2.17. The molecular formula is C16H23ClN2O2. The lowest BCUT2D eigenvalue weighted by Crippen LogP contribution is -2.47. The molecule has 0 bridgehead atoms. The maximum Gasteiger partial charge on any atom is 0.247 e. The Kier molecular flexibility index (Phi) is 6.40. The normalized spacial score (nSPS) is 14.9. The molecule has 1 atom stereocenters. The van der Waals surface area contributed by atoms with Gasteiger partial charge in [0, 0.05) is 23.7 Å². The summed E-state index contributed by atoms with van der Waals surface area (Å²) < 4.78 is 0. The van der Waals surface area contributed by atoms with Gasteiger partial charge < -0.3 is 15.3 Å². The Labute approximate surface area is 131 Å². The molecule has 0 saturated carbocycles. The molecule has 2 N–H and O–H groups in total. The van der Waals surface area contributed by atoms with E-state index in [0.29, 0.717) is 17.1 Å². The van der Waals surface area contributed by atoms with Gasteiger partial charge in [-0.25, -0.2) is 0 Å². The Morgan fingerprint density at radius 1 is 1.38 bits per heavy atom. The molecule has 1 rings (SSSR count). The van der Waals surface area contributed by atoms with Crippen LogP contribution >= 0.6 is 11.6 Å². The summed E-state index contributed by atoms with van der Waals surface area (Å²) in [4.78, 5) is 13.9. The van der Waals surface area contributed by atoms with Gasteiger partial charge in [-0.15, -0.1) is 0 Å². The van der Waals surface area contributed by atoms with Gasteiger partial charge in [0.25, 0.3) is 0 Å². The third kappa shape index (κ3) is 6.76. The first-order chi connectivity index (χ1) is 9.69. The highest BCUT2D eigenvalue weighted by Crippen LogP contribution is 2.12. The predicted molar refractivity (Wildman–Crippen MR) is 87.3 cm³/mol. The molecule has 0 radical (unpaired) electrons. The van der Waals surface area contributed by atoms with Gasteiger partial charge in [0.1, 0.15) is 0 Å². The van der Waals surface area contributed by atoms with Crippen molar-refractivity contribution in [3.8, 4) is 0 Å². The smallest absolute Gasteiger partial charge is 0.247 e. The first kappa shape index (κ1) is 17.7. The summed E-state index contributed by atoms with van der Waals surface area (Å²) in [6.45, 7) is 4.12. The molecule has 0 fully saturated rings. The summed E-state index contributed by atoms with van der Waals surface area (Å²) >= 11 is 5.82. The largest absolute Gasteiger partial charge is 0.387 e. The number of rotatable bonds is 6. The summed E-state index contributed by atoms with van der Waals surface area (Å²) in [7, 11) is 3.75. The number of carbonyl (C=O) groups excluding carboxylic acids is 1. The highest BCUT2D eigenvalue weighted by atomic mass is 35.5. The van der Waals surface area contributed by atoms with Crippen molar-refractivity contribution in [2.75, 3.05) is 27.2 Å². The molecule has 4 nitrogen and oxygen atoms in total. The van der Waals surface area contributed by atoms with E-state index in [0.717, 1.165) is 5.56 Å². The number of benzene rings is 1. The molecule has 0 heterocycles. The molecule has 0 aliphatic rings. The molecule has 5 heteroatoms. The van der Waals surface area contributed by atoms with Crippen molar-refractivity contribution in [1.82, 2.24) is 10.2 Å². The van der Waals surface area contributed by atoms with Gasteiger partial charge in [-0.05, 0) is 51.7 Å². The van der Waals surface area contributed by atoms with Gasteiger partial charge >= 0.3 is 0 Å². The lowest BCUT2D eigenvalue weighted by atomic mass is 10.1. The van der Waals surface area contributed by atoms with E-state index in [1.54, 1.807) is 32.1 Å².